The molecule has 0 fully saturated rings. The van der Waals surface area contributed by atoms with E-state index in [0.717, 1.165) is 17.7 Å². The fourth-order valence-electron chi connectivity index (χ4n) is 1.66. The van der Waals surface area contributed by atoms with Crippen molar-refractivity contribution in [2.75, 3.05) is 0 Å². The van der Waals surface area contributed by atoms with Crippen molar-refractivity contribution in [3.8, 4) is 0 Å². The number of aryl methyl sites for hydroxylation is 1. The second-order valence-electron chi connectivity index (χ2n) is 5.09. The third-order valence-corrected chi connectivity index (χ3v) is 4.46. The molecule has 1 rings (SSSR count). The van der Waals surface area contributed by atoms with E-state index >= 15 is 0 Å². The van der Waals surface area contributed by atoms with Gasteiger partial charge in [0.2, 0.25) is 5.91 Å². The number of rotatable bonds is 7. The maximum atomic E-state index is 11.8. The van der Waals surface area contributed by atoms with Gasteiger partial charge in [-0.25, -0.2) is 4.79 Å². The highest BCUT2D eigenvalue weighted by molar-refractivity contribution is 7.11. The summed E-state index contributed by atoms with van der Waals surface area (Å²) >= 11 is 1.69. The molecule has 3 amide bonds. The summed E-state index contributed by atoms with van der Waals surface area (Å²) < 4.78 is 0. The van der Waals surface area contributed by atoms with E-state index in [0.29, 0.717) is 6.54 Å². The van der Waals surface area contributed by atoms with Crippen LogP contribution < -0.4 is 16.0 Å². The molecule has 0 spiro atoms. The summed E-state index contributed by atoms with van der Waals surface area (Å²) in [6.45, 7) is 8.20. The van der Waals surface area contributed by atoms with Gasteiger partial charge in [-0.05, 0) is 38.8 Å². The number of hydrogen-bond donors (Lipinski definition) is 3. The molecule has 0 aliphatic rings. The second-order valence-corrected chi connectivity index (χ2v) is 6.34. The van der Waals surface area contributed by atoms with E-state index < -0.39 is 6.04 Å². The minimum absolute atomic E-state index is 0.114. The van der Waals surface area contributed by atoms with Crippen LogP contribution in [-0.2, 0) is 17.8 Å². The molecule has 0 unspecified atom stereocenters. The Labute approximate surface area is 130 Å². The van der Waals surface area contributed by atoms with Crippen LogP contribution in [0.5, 0.6) is 0 Å². The first-order valence-electron chi connectivity index (χ1n) is 7.38. The zero-order valence-corrected chi connectivity index (χ0v) is 14.0. The van der Waals surface area contributed by atoms with Crippen molar-refractivity contribution in [2.45, 2.75) is 59.2 Å². The number of carbonyl (C=O) groups excluding carboxylic acids is 2. The Morgan fingerprint density at radius 1 is 1.14 bits per heavy atom. The molecule has 0 aliphatic carbocycles. The molecule has 3 N–H and O–H groups in total. The first-order valence-corrected chi connectivity index (χ1v) is 8.20. The molecule has 1 heterocycles. The smallest absolute Gasteiger partial charge is 0.315 e. The summed E-state index contributed by atoms with van der Waals surface area (Å²) in [4.78, 5) is 26.0. The first-order chi connectivity index (χ1) is 9.96. The third-order valence-electron chi connectivity index (χ3n) is 3.23. The van der Waals surface area contributed by atoms with Crippen molar-refractivity contribution in [1.29, 1.82) is 0 Å². The SMILES string of the molecule is CCc1ccc(CNC(=O)N[C@@H](C)C(=O)N[C@H](C)CC)s1. The summed E-state index contributed by atoms with van der Waals surface area (Å²) in [6.07, 6.45) is 1.87. The Hall–Kier alpha value is -1.56. The molecule has 0 aromatic carbocycles. The normalized spacial score (nSPS) is 13.3. The third kappa shape index (κ3) is 6.16. The van der Waals surface area contributed by atoms with E-state index in [4.69, 9.17) is 0 Å². The molecular formula is C15H25N3O2S. The predicted octanol–water partition coefficient (Wildman–Crippen LogP) is 2.41. The van der Waals surface area contributed by atoms with Crippen LogP contribution in [-0.4, -0.2) is 24.0 Å². The summed E-state index contributed by atoms with van der Waals surface area (Å²) in [5.74, 6) is -0.163. The highest BCUT2D eigenvalue weighted by atomic mass is 32.1. The van der Waals surface area contributed by atoms with Crippen LogP contribution in [0.2, 0.25) is 0 Å². The Morgan fingerprint density at radius 3 is 2.38 bits per heavy atom. The summed E-state index contributed by atoms with van der Waals surface area (Å²) in [6, 6.07) is 3.33. The molecule has 1 aromatic rings. The van der Waals surface area contributed by atoms with E-state index in [9.17, 15) is 9.59 Å². The number of amides is 3. The van der Waals surface area contributed by atoms with Crippen LogP contribution in [0, 0.1) is 0 Å². The molecular weight excluding hydrogens is 286 g/mol. The van der Waals surface area contributed by atoms with Gasteiger partial charge < -0.3 is 16.0 Å². The number of carbonyl (C=O) groups is 2. The van der Waals surface area contributed by atoms with Gasteiger partial charge in [0.15, 0.2) is 0 Å². The molecule has 21 heavy (non-hydrogen) atoms. The Kier molecular flexibility index (Phi) is 7.22. The van der Waals surface area contributed by atoms with Crippen LogP contribution in [0.3, 0.4) is 0 Å². The summed E-state index contributed by atoms with van der Waals surface area (Å²) in [7, 11) is 0. The molecule has 0 saturated heterocycles. The average molecular weight is 311 g/mol. The molecule has 0 radical (unpaired) electrons. The molecule has 5 nitrogen and oxygen atoms in total. The molecule has 0 aliphatic heterocycles. The van der Waals surface area contributed by atoms with Crippen LogP contribution in [0.4, 0.5) is 4.79 Å². The average Bonchev–Trinajstić information content (AvgIpc) is 2.92. The number of hydrogen-bond acceptors (Lipinski definition) is 3. The lowest BCUT2D eigenvalue weighted by atomic mass is 10.2. The topological polar surface area (TPSA) is 70.2 Å². The van der Waals surface area contributed by atoms with Gasteiger partial charge in [-0.1, -0.05) is 13.8 Å². The van der Waals surface area contributed by atoms with E-state index in [1.165, 1.54) is 4.88 Å². The molecule has 2 atom stereocenters. The van der Waals surface area contributed by atoms with Crippen molar-refractivity contribution in [1.82, 2.24) is 16.0 Å². The molecule has 118 valence electrons. The van der Waals surface area contributed by atoms with Crippen molar-refractivity contribution in [3.63, 3.8) is 0 Å². The highest BCUT2D eigenvalue weighted by Gasteiger charge is 2.16. The Morgan fingerprint density at radius 2 is 1.81 bits per heavy atom. The van der Waals surface area contributed by atoms with Crippen LogP contribution in [0.1, 0.15) is 43.9 Å². The monoisotopic (exact) mass is 311 g/mol. The lowest BCUT2D eigenvalue weighted by molar-refractivity contribution is -0.123. The van der Waals surface area contributed by atoms with E-state index in [1.54, 1.807) is 18.3 Å². The van der Waals surface area contributed by atoms with Gasteiger partial charge in [0.1, 0.15) is 6.04 Å². The maximum absolute atomic E-state index is 11.8. The summed E-state index contributed by atoms with van der Waals surface area (Å²) in [5.41, 5.74) is 0. The van der Waals surface area contributed by atoms with E-state index in [-0.39, 0.29) is 18.0 Å². The van der Waals surface area contributed by atoms with Crippen molar-refractivity contribution in [3.05, 3.63) is 21.9 Å². The van der Waals surface area contributed by atoms with Gasteiger partial charge in [-0.15, -0.1) is 11.3 Å². The minimum Gasteiger partial charge on any atom is -0.352 e. The van der Waals surface area contributed by atoms with Gasteiger partial charge in [0.05, 0.1) is 6.54 Å². The maximum Gasteiger partial charge on any atom is 0.315 e. The van der Waals surface area contributed by atoms with E-state index in [2.05, 4.69) is 28.9 Å². The minimum atomic E-state index is -0.548. The first kappa shape index (κ1) is 17.5. The number of urea groups is 1. The summed E-state index contributed by atoms with van der Waals surface area (Å²) in [5, 5.41) is 8.25. The van der Waals surface area contributed by atoms with Crippen LogP contribution in [0.15, 0.2) is 12.1 Å². The molecule has 1 aromatic heterocycles. The fourth-order valence-corrected chi connectivity index (χ4v) is 2.56. The molecule has 0 saturated carbocycles. The van der Waals surface area contributed by atoms with Gasteiger partial charge >= 0.3 is 6.03 Å². The van der Waals surface area contributed by atoms with E-state index in [1.807, 2.05) is 19.9 Å². The lowest BCUT2D eigenvalue weighted by Gasteiger charge is -2.17. The van der Waals surface area contributed by atoms with Crippen LogP contribution in [0.25, 0.3) is 0 Å². The second kappa shape index (κ2) is 8.67. The van der Waals surface area contributed by atoms with Crippen molar-refractivity contribution >= 4 is 23.3 Å². The van der Waals surface area contributed by atoms with Gasteiger partial charge in [-0.2, -0.15) is 0 Å². The highest BCUT2D eigenvalue weighted by Crippen LogP contribution is 2.16. The Balaban J connectivity index is 2.33. The molecule has 6 heteroatoms. The fraction of sp³-hybridized carbons (Fsp3) is 0.600. The molecule has 0 bridgehead atoms. The van der Waals surface area contributed by atoms with Crippen molar-refractivity contribution < 1.29 is 9.59 Å². The van der Waals surface area contributed by atoms with Gasteiger partial charge in [0.25, 0.3) is 0 Å². The standard InChI is InChI=1S/C15H25N3O2S/c1-5-10(3)17-14(19)11(4)18-15(20)16-9-13-8-7-12(6-2)21-13/h7-8,10-11H,5-6,9H2,1-4H3,(H,17,19)(H2,16,18,20)/t10-,11+/m1/s1. The van der Waals surface area contributed by atoms with Gasteiger partial charge in [0, 0.05) is 15.8 Å². The number of thiophene rings is 1. The van der Waals surface area contributed by atoms with Gasteiger partial charge in [-0.3, -0.25) is 4.79 Å². The van der Waals surface area contributed by atoms with Crippen LogP contribution >= 0.6 is 11.3 Å². The zero-order valence-electron chi connectivity index (χ0n) is 13.2. The zero-order chi connectivity index (χ0) is 15.8. The largest absolute Gasteiger partial charge is 0.352 e. The lowest BCUT2D eigenvalue weighted by Crippen LogP contribution is -2.49. The predicted molar refractivity (Wildman–Crippen MR) is 86.4 cm³/mol. The number of nitrogens with one attached hydrogen (secondary N) is 3. The quantitative estimate of drug-likeness (QED) is 0.724. The Bertz CT molecular complexity index is 473. The van der Waals surface area contributed by atoms with Crippen molar-refractivity contribution in [2.24, 2.45) is 0 Å².